The smallest absolute Gasteiger partial charge is 0.324 e. The number of ether oxygens (including phenoxy) is 2. The summed E-state index contributed by atoms with van der Waals surface area (Å²) >= 11 is 0. The number of aromatic nitrogens is 1. The maximum absolute atomic E-state index is 14.8. The summed E-state index contributed by atoms with van der Waals surface area (Å²) in [5, 5.41) is 16.9. The molecular formula is C56H75N7O8. The molecule has 4 amide bonds. The number of phenols is 1. The first-order chi connectivity index (χ1) is 33.9. The maximum atomic E-state index is 14.8. The molecule has 0 unspecified atom stereocenters. The number of fused-ring (bicyclic) bond motifs is 6. The van der Waals surface area contributed by atoms with Crippen LogP contribution in [0.5, 0.6) is 5.75 Å². The van der Waals surface area contributed by atoms with Crippen LogP contribution in [0.1, 0.15) is 77.0 Å². The number of methoxy groups -OCH3 is 1. The number of phenolic OH excluding ortho intramolecular Hbond substituents is 1. The van der Waals surface area contributed by atoms with Gasteiger partial charge in [0.25, 0.3) is 5.91 Å². The van der Waals surface area contributed by atoms with Crippen molar-refractivity contribution in [1.82, 2.24) is 35.0 Å². The number of piperidine rings is 1. The van der Waals surface area contributed by atoms with E-state index < -0.39 is 41.3 Å². The van der Waals surface area contributed by atoms with Gasteiger partial charge in [0.15, 0.2) is 0 Å². The van der Waals surface area contributed by atoms with E-state index >= 15 is 0 Å². The fourth-order valence-electron chi connectivity index (χ4n) is 10.6. The van der Waals surface area contributed by atoms with Crippen LogP contribution in [0, 0.1) is 17.3 Å². The number of hydrazine groups is 1. The number of esters is 1. The van der Waals surface area contributed by atoms with Crippen molar-refractivity contribution in [3.05, 3.63) is 89.5 Å². The minimum atomic E-state index is -1.15. The summed E-state index contributed by atoms with van der Waals surface area (Å²) in [5.41, 5.74) is 10.4. The second-order valence-electron chi connectivity index (χ2n) is 21.0. The van der Waals surface area contributed by atoms with E-state index in [4.69, 9.17) is 9.47 Å². The molecule has 2 fully saturated rings. The molecule has 382 valence electrons. The van der Waals surface area contributed by atoms with Crippen LogP contribution in [0.2, 0.25) is 0 Å². The summed E-state index contributed by atoms with van der Waals surface area (Å²) in [4.78, 5) is 75.7. The molecule has 2 saturated heterocycles. The van der Waals surface area contributed by atoms with Crippen molar-refractivity contribution in [2.45, 2.75) is 104 Å². The first kappa shape index (κ1) is 52.8. The van der Waals surface area contributed by atoms with E-state index in [0.29, 0.717) is 70.5 Å². The lowest BCUT2D eigenvalue weighted by Crippen LogP contribution is -2.62. The van der Waals surface area contributed by atoms with Crippen molar-refractivity contribution in [1.29, 1.82) is 0 Å². The van der Waals surface area contributed by atoms with Gasteiger partial charge in [0.05, 0.1) is 18.9 Å². The number of hydrogen-bond acceptors (Lipinski definition) is 10. The van der Waals surface area contributed by atoms with E-state index in [1.165, 1.54) is 15.5 Å². The van der Waals surface area contributed by atoms with Gasteiger partial charge in [-0.25, -0.2) is 5.43 Å². The predicted molar refractivity (Wildman–Crippen MR) is 276 cm³/mol. The van der Waals surface area contributed by atoms with Crippen molar-refractivity contribution in [2.24, 2.45) is 17.3 Å². The molecule has 0 spiro atoms. The van der Waals surface area contributed by atoms with Gasteiger partial charge >= 0.3 is 5.97 Å². The van der Waals surface area contributed by atoms with Crippen LogP contribution < -0.4 is 10.7 Å². The second kappa shape index (κ2) is 23.0. The molecule has 15 heteroatoms. The Bertz CT molecular complexity index is 2610. The van der Waals surface area contributed by atoms with Gasteiger partial charge in [-0.15, -0.1) is 0 Å². The predicted octanol–water partition coefficient (Wildman–Crippen LogP) is 6.38. The Balaban J connectivity index is 1.24. The number of carbonyl (C=O) groups is 5. The van der Waals surface area contributed by atoms with E-state index in [2.05, 4.69) is 78.5 Å². The van der Waals surface area contributed by atoms with Gasteiger partial charge in [-0.3, -0.25) is 29.0 Å². The molecule has 3 aromatic carbocycles. The number of aryl methyl sites for hydroxylation is 1. The summed E-state index contributed by atoms with van der Waals surface area (Å²) in [7, 11) is 7.21. The fraction of sp³-hybridized carbons (Fsp3) is 0.518. The Kier molecular flexibility index (Phi) is 17.1. The third-order valence-electron chi connectivity index (χ3n) is 14.2. The number of likely N-dealkylation sites (N-methyl/N-ethyl adjacent to an activating group) is 2. The Labute approximate surface area is 419 Å². The number of amides is 4. The maximum Gasteiger partial charge on any atom is 0.324 e. The van der Waals surface area contributed by atoms with Crippen LogP contribution in [0.15, 0.2) is 72.8 Å². The van der Waals surface area contributed by atoms with Crippen LogP contribution in [0.4, 0.5) is 0 Å². The summed E-state index contributed by atoms with van der Waals surface area (Å²) in [6.45, 7) is 13.3. The van der Waals surface area contributed by atoms with Crippen molar-refractivity contribution in [2.75, 3.05) is 67.6 Å². The molecule has 71 heavy (non-hydrogen) atoms. The number of benzene rings is 3. The molecule has 0 aliphatic carbocycles. The fourth-order valence-corrected chi connectivity index (χ4v) is 10.6. The van der Waals surface area contributed by atoms with Crippen molar-refractivity contribution in [3.63, 3.8) is 0 Å². The summed E-state index contributed by atoms with van der Waals surface area (Å²) in [6.07, 6.45) is 6.64. The van der Waals surface area contributed by atoms with Crippen molar-refractivity contribution in [3.8, 4) is 28.1 Å². The number of carbonyl (C=O) groups excluding carboxylic acids is 5. The number of nitrogens with one attached hydrogen (secondary N) is 2. The van der Waals surface area contributed by atoms with Crippen molar-refractivity contribution < 1.29 is 38.6 Å². The molecule has 15 nitrogen and oxygen atoms in total. The molecule has 6 bridgehead atoms. The van der Waals surface area contributed by atoms with Crippen LogP contribution in [0.25, 0.3) is 33.3 Å². The highest BCUT2D eigenvalue weighted by atomic mass is 16.5. The van der Waals surface area contributed by atoms with Gasteiger partial charge in [-0.2, -0.15) is 0 Å². The quantitative estimate of drug-likeness (QED) is 0.101. The molecule has 3 N–H and O–H groups in total. The first-order valence-electron chi connectivity index (χ1n) is 25.4. The number of cyclic esters (lactones) is 1. The third-order valence-corrected chi connectivity index (χ3v) is 14.2. The van der Waals surface area contributed by atoms with Crippen LogP contribution >= 0.6 is 0 Å². The minimum Gasteiger partial charge on any atom is -0.508 e. The molecule has 3 aliphatic heterocycles. The minimum absolute atomic E-state index is 0.00592. The van der Waals surface area contributed by atoms with Gasteiger partial charge in [0, 0.05) is 87.2 Å². The van der Waals surface area contributed by atoms with Crippen LogP contribution in [-0.4, -0.2) is 145 Å². The first-order valence-corrected chi connectivity index (χ1v) is 25.4. The number of hydrogen-bond donors (Lipinski definition) is 3. The highest BCUT2D eigenvalue weighted by Crippen LogP contribution is 2.41. The SMILES string of the molecule is CCn1c(-c2ccccc2CCOC)c2c3cc(ccc31)-c1cc(O)cc(c1)C[C@H](NC(=O)[C@H](C(C)C)N(C)C(=O)C1CCN(C(=O)/C=C/CN(C)C)CC1)C(=O)N1CCC[C@H](N1)C(=O)OCC(C)(C)C2. The second-order valence-corrected chi connectivity index (χ2v) is 21.0. The standard InChI is InChI=1S/C56H75N7O8/c1-10-62-48-20-19-40-33-44(48)45(51(62)43-16-12-11-15-38(43)23-28-70-9)34-56(4,5)35-71-55(69)46-17-13-25-63(58-46)54(68)47(31-37-29-41(40)32-42(64)30-37)57-52(66)50(36(2)3)60(8)53(67)39-21-26-61(27-22-39)49(65)18-14-24-59(6)7/h11-12,14-16,18-20,29-30,32-33,36,39,46-47,50,58,64H,10,13,17,21-28,31,34-35H2,1-9H3,(H,57,66)/b18-14+/t46-,47-,50-/m0/s1. The van der Waals surface area contributed by atoms with E-state index in [1.807, 2.05) is 45.0 Å². The average molecular weight is 974 g/mol. The summed E-state index contributed by atoms with van der Waals surface area (Å²) < 4.78 is 14.0. The molecule has 3 aliphatic rings. The molecule has 4 aromatic rings. The van der Waals surface area contributed by atoms with Crippen LogP contribution in [0.3, 0.4) is 0 Å². The monoisotopic (exact) mass is 974 g/mol. The molecule has 0 saturated carbocycles. The average Bonchev–Trinajstić information content (AvgIpc) is 3.64. The van der Waals surface area contributed by atoms with E-state index in [-0.39, 0.29) is 49.0 Å². The summed E-state index contributed by atoms with van der Waals surface area (Å²) in [6, 6.07) is 17.2. The zero-order valence-electron chi connectivity index (χ0n) is 43.3. The van der Waals surface area contributed by atoms with Gasteiger partial charge in [0.1, 0.15) is 23.9 Å². The van der Waals surface area contributed by atoms with Gasteiger partial charge < -0.3 is 39.2 Å². The molecular weight excluding hydrogens is 899 g/mol. The number of nitrogens with zero attached hydrogens (tertiary/aromatic N) is 5. The van der Waals surface area contributed by atoms with E-state index in [1.54, 1.807) is 37.3 Å². The number of rotatable bonds is 13. The number of aromatic hydroxyl groups is 1. The highest BCUT2D eigenvalue weighted by molar-refractivity contribution is 5.96. The zero-order chi connectivity index (χ0) is 51.1. The lowest BCUT2D eigenvalue weighted by atomic mass is 9.83. The normalized spacial score (nSPS) is 19.5. The van der Waals surface area contributed by atoms with Crippen molar-refractivity contribution >= 4 is 40.5 Å². The highest BCUT2D eigenvalue weighted by Gasteiger charge is 2.39. The molecule has 0 radical (unpaired) electrons. The molecule has 3 atom stereocenters. The largest absolute Gasteiger partial charge is 0.508 e. The topological polar surface area (TPSA) is 166 Å². The van der Waals surface area contributed by atoms with E-state index in [0.717, 1.165) is 45.3 Å². The van der Waals surface area contributed by atoms with Gasteiger partial charge in [-0.05, 0) is 118 Å². The lowest BCUT2D eigenvalue weighted by Gasteiger charge is -2.38. The molecule has 4 heterocycles. The van der Waals surface area contributed by atoms with E-state index in [9.17, 15) is 29.1 Å². The Morgan fingerprint density at radius 2 is 1.73 bits per heavy atom. The van der Waals surface area contributed by atoms with Crippen LogP contribution in [-0.2, 0) is 59.3 Å². The molecule has 1 aromatic heterocycles. The third kappa shape index (κ3) is 12.4. The van der Waals surface area contributed by atoms with Gasteiger partial charge in [0.2, 0.25) is 17.7 Å². The lowest BCUT2D eigenvalue weighted by molar-refractivity contribution is -0.155. The Morgan fingerprint density at radius 3 is 2.44 bits per heavy atom. The Hall–Kier alpha value is -6.03. The Morgan fingerprint density at radius 1 is 0.986 bits per heavy atom. The number of likely N-dealkylation sites (tertiary alicyclic amines) is 1. The molecule has 7 rings (SSSR count). The summed E-state index contributed by atoms with van der Waals surface area (Å²) in [5.74, 6) is -2.40. The van der Waals surface area contributed by atoms with Gasteiger partial charge in [-0.1, -0.05) is 70.2 Å². The zero-order valence-corrected chi connectivity index (χ0v) is 43.3.